The van der Waals surface area contributed by atoms with Crippen LogP contribution in [0.2, 0.25) is 0 Å². The Labute approximate surface area is 88.1 Å². The fourth-order valence-electron chi connectivity index (χ4n) is 1.49. The van der Waals surface area contributed by atoms with Crippen LogP contribution >= 0.6 is 0 Å². The number of hydrogen-bond donors (Lipinski definition) is 2. The normalized spacial score (nSPS) is 17.7. The lowest BCUT2D eigenvalue weighted by Gasteiger charge is -2.13. The molecule has 2 rings (SSSR count). The molecule has 1 atom stereocenters. The second-order valence-corrected chi connectivity index (χ2v) is 4.01. The third-order valence-corrected chi connectivity index (χ3v) is 2.46. The van der Waals surface area contributed by atoms with Gasteiger partial charge in [0.25, 0.3) is 0 Å². The summed E-state index contributed by atoms with van der Waals surface area (Å²) in [6, 6.07) is 1.73. The quantitative estimate of drug-likeness (QED) is 0.736. The van der Waals surface area contributed by atoms with Crippen molar-refractivity contribution in [2.45, 2.75) is 38.4 Å². The number of rotatable bonds is 5. The molecule has 0 radical (unpaired) electrons. The Morgan fingerprint density at radius 2 is 2.53 bits per heavy atom. The van der Waals surface area contributed by atoms with Crippen LogP contribution in [0.5, 0.6) is 0 Å². The average Bonchev–Trinajstić information content (AvgIpc) is 2.89. The van der Waals surface area contributed by atoms with Crippen molar-refractivity contribution >= 4 is 5.97 Å². The van der Waals surface area contributed by atoms with Crippen molar-refractivity contribution in [1.82, 2.24) is 15.1 Å². The fraction of sp³-hybridized carbons (Fsp3) is 0.600. The lowest BCUT2D eigenvalue weighted by molar-refractivity contribution is -0.140. The monoisotopic (exact) mass is 209 g/mol. The molecule has 0 spiro atoms. The first-order valence-corrected chi connectivity index (χ1v) is 5.14. The van der Waals surface area contributed by atoms with Crippen LogP contribution in [0.25, 0.3) is 0 Å². The van der Waals surface area contributed by atoms with Gasteiger partial charge in [-0.2, -0.15) is 5.10 Å². The average molecular weight is 209 g/mol. The van der Waals surface area contributed by atoms with E-state index in [9.17, 15) is 4.79 Å². The highest BCUT2D eigenvalue weighted by atomic mass is 16.4. The van der Waals surface area contributed by atoms with Gasteiger partial charge in [-0.1, -0.05) is 0 Å². The summed E-state index contributed by atoms with van der Waals surface area (Å²) in [6.07, 6.45) is 3.98. The van der Waals surface area contributed by atoms with E-state index < -0.39 is 12.0 Å². The van der Waals surface area contributed by atoms with Gasteiger partial charge in [0.2, 0.25) is 0 Å². The number of hydrogen-bond acceptors (Lipinski definition) is 3. The molecule has 1 unspecified atom stereocenters. The molecule has 0 bridgehead atoms. The minimum atomic E-state index is -0.810. The Morgan fingerprint density at radius 1 is 1.80 bits per heavy atom. The first kappa shape index (κ1) is 10.2. The number of nitrogens with one attached hydrogen (secondary N) is 1. The maximum Gasteiger partial charge on any atom is 0.322 e. The molecule has 5 nitrogen and oxygen atoms in total. The zero-order valence-electron chi connectivity index (χ0n) is 8.68. The molecule has 1 heterocycles. The van der Waals surface area contributed by atoms with Crippen molar-refractivity contribution in [2.75, 3.05) is 0 Å². The number of carboxylic acids is 1. The molecule has 1 aliphatic rings. The summed E-state index contributed by atoms with van der Waals surface area (Å²) < 4.78 is 1.67. The van der Waals surface area contributed by atoms with Gasteiger partial charge in [-0.3, -0.25) is 9.48 Å². The summed E-state index contributed by atoms with van der Waals surface area (Å²) in [4.78, 5) is 11.0. The molecule has 2 N–H and O–H groups in total. The lowest BCUT2D eigenvalue weighted by Crippen LogP contribution is -2.41. The molecular weight excluding hydrogens is 194 g/mol. The molecule has 0 amide bonds. The number of aliphatic carboxylic acids is 1. The smallest absolute Gasteiger partial charge is 0.322 e. The van der Waals surface area contributed by atoms with Gasteiger partial charge in [0.05, 0.1) is 12.2 Å². The van der Waals surface area contributed by atoms with Gasteiger partial charge in [-0.05, 0) is 25.8 Å². The van der Waals surface area contributed by atoms with Crippen LogP contribution in [0.4, 0.5) is 0 Å². The van der Waals surface area contributed by atoms with Crippen LogP contribution in [0.3, 0.4) is 0 Å². The summed E-state index contributed by atoms with van der Waals surface area (Å²) in [5.74, 6) is -0.810. The number of aryl methyl sites for hydroxylation is 1. The number of aromatic nitrogens is 2. The third kappa shape index (κ3) is 2.79. The second kappa shape index (κ2) is 4.02. The summed E-state index contributed by atoms with van der Waals surface area (Å²) >= 11 is 0. The van der Waals surface area contributed by atoms with Crippen LogP contribution in [0.15, 0.2) is 12.3 Å². The third-order valence-electron chi connectivity index (χ3n) is 2.46. The molecule has 1 aromatic heterocycles. The predicted molar refractivity (Wildman–Crippen MR) is 54.5 cm³/mol. The van der Waals surface area contributed by atoms with Gasteiger partial charge < -0.3 is 10.4 Å². The number of carboxylic acid groups (broad SMARTS) is 1. The Bertz CT molecular complexity index is 357. The highest BCUT2D eigenvalue weighted by Gasteiger charge is 2.28. The van der Waals surface area contributed by atoms with Crippen molar-refractivity contribution in [1.29, 1.82) is 0 Å². The molecule has 1 saturated carbocycles. The van der Waals surface area contributed by atoms with E-state index in [4.69, 9.17) is 5.11 Å². The van der Waals surface area contributed by atoms with E-state index in [1.165, 1.54) is 0 Å². The first-order chi connectivity index (χ1) is 7.15. The summed E-state index contributed by atoms with van der Waals surface area (Å²) in [6.45, 7) is 2.28. The zero-order chi connectivity index (χ0) is 10.8. The number of carbonyl (C=O) groups is 1. The zero-order valence-corrected chi connectivity index (χ0v) is 8.68. The Balaban J connectivity index is 1.95. The molecule has 82 valence electrons. The molecule has 0 aromatic carbocycles. The van der Waals surface area contributed by atoms with Crippen LogP contribution in [-0.4, -0.2) is 32.9 Å². The van der Waals surface area contributed by atoms with E-state index in [0.29, 0.717) is 12.6 Å². The largest absolute Gasteiger partial charge is 0.480 e. The summed E-state index contributed by atoms with van der Waals surface area (Å²) in [7, 11) is 0. The van der Waals surface area contributed by atoms with Crippen molar-refractivity contribution < 1.29 is 9.90 Å². The molecular formula is C10H15N3O2. The molecule has 1 aromatic rings. The van der Waals surface area contributed by atoms with E-state index in [1.54, 1.807) is 10.9 Å². The Hall–Kier alpha value is -1.36. The topological polar surface area (TPSA) is 67.2 Å². The van der Waals surface area contributed by atoms with Crippen LogP contribution < -0.4 is 5.32 Å². The molecule has 1 fully saturated rings. The SMILES string of the molecule is Cc1ccn(CC(NC2CC2)C(=O)O)n1. The van der Waals surface area contributed by atoms with Crippen LogP contribution in [0.1, 0.15) is 18.5 Å². The number of nitrogens with zero attached hydrogens (tertiary/aromatic N) is 2. The highest BCUT2D eigenvalue weighted by molar-refractivity contribution is 5.73. The molecule has 15 heavy (non-hydrogen) atoms. The molecule has 1 aliphatic carbocycles. The summed E-state index contributed by atoms with van der Waals surface area (Å²) in [5.41, 5.74) is 0.908. The van der Waals surface area contributed by atoms with Crippen LogP contribution in [-0.2, 0) is 11.3 Å². The van der Waals surface area contributed by atoms with Gasteiger partial charge in [-0.15, -0.1) is 0 Å². The Morgan fingerprint density at radius 3 is 3.00 bits per heavy atom. The van der Waals surface area contributed by atoms with E-state index in [0.717, 1.165) is 18.5 Å². The van der Waals surface area contributed by atoms with Crippen molar-refractivity contribution in [3.05, 3.63) is 18.0 Å². The van der Waals surface area contributed by atoms with Crippen molar-refractivity contribution in [3.8, 4) is 0 Å². The minimum absolute atomic E-state index is 0.389. The van der Waals surface area contributed by atoms with E-state index in [2.05, 4.69) is 10.4 Å². The van der Waals surface area contributed by atoms with Gasteiger partial charge in [-0.25, -0.2) is 0 Å². The maximum atomic E-state index is 11.0. The van der Waals surface area contributed by atoms with Gasteiger partial charge in [0, 0.05) is 12.2 Å². The van der Waals surface area contributed by atoms with Gasteiger partial charge in [0.15, 0.2) is 0 Å². The molecule has 0 saturated heterocycles. The molecule has 0 aliphatic heterocycles. The van der Waals surface area contributed by atoms with Crippen LogP contribution in [0, 0.1) is 6.92 Å². The maximum absolute atomic E-state index is 11.0. The predicted octanol–water partition coefficient (Wildman–Crippen LogP) is 0.397. The van der Waals surface area contributed by atoms with Gasteiger partial charge >= 0.3 is 5.97 Å². The summed E-state index contributed by atoms with van der Waals surface area (Å²) in [5, 5.41) is 16.3. The van der Waals surface area contributed by atoms with Crippen molar-refractivity contribution in [2.24, 2.45) is 0 Å². The first-order valence-electron chi connectivity index (χ1n) is 5.14. The molecule has 5 heteroatoms. The van der Waals surface area contributed by atoms with E-state index in [1.807, 2.05) is 13.0 Å². The van der Waals surface area contributed by atoms with Gasteiger partial charge in [0.1, 0.15) is 6.04 Å². The second-order valence-electron chi connectivity index (χ2n) is 4.01. The fourth-order valence-corrected chi connectivity index (χ4v) is 1.49. The van der Waals surface area contributed by atoms with E-state index in [-0.39, 0.29) is 0 Å². The lowest BCUT2D eigenvalue weighted by atomic mass is 10.3. The van der Waals surface area contributed by atoms with E-state index >= 15 is 0 Å². The van der Waals surface area contributed by atoms with Crippen molar-refractivity contribution in [3.63, 3.8) is 0 Å². The highest BCUT2D eigenvalue weighted by Crippen LogP contribution is 2.19. The standard InChI is InChI=1S/C10H15N3O2/c1-7-4-5-13(12-7)6-9(10(14)15)11-8-2-3-8/h4-5,8-9,11H,2-3,6H2,1H3,(H,14,15). The minimum Gasteiger partial charge on any atom is -0.480 e. The Kier molecular flexibility index (Phi) is 2.73.